The minimum absolute atomic E-state index is 0.0750. The number of piperidine rings is 1. The third-order valence-corrected chi connectivity index (χ3v) is 4.46. The van der Waals surface area contributed by atoms with Gasteiger partial charge >= 0.3 is 0 Å². The lowest BCUT2D eigenvalue weighted by molar-refractivity contribution is -0.167. The quantitative estimate of drug-likeness (QED) is 0.716. The molecule has 3 heterocycles. The van der Waals surface area contributed by atoms with E-state index in [0.717, 1.165) is 25.8 Å². The number of hydrogen-bond acceptors (Lipinski definition) is 4. The van der Waals surface area contributed by atoms with E-state index < -0.39 is 0 Å². The van der Waals surface area contributed by atoms with Gasteiger partial charge in [-0.25, -0.2) is 0 Å². The third kappa shape index (κ3) is 2.42. The van der Waals surface area contributed by atoms with Crippen LogP contribution in [0, 0.1) is 0 Å². The minimum atomic E-state index is -0.387. The van der Waals surface area contributed by atoms with E-state index in [9.17, 15) is 9.59 Å². The summed E-state index contributed by atoms with van der Waals surface area (Å²) in [5, 5.41) is 0. The van der Waals surface area contributed by atoms with Crippen molar-refractivity contribution in [2.45, 2.75) is 44.4 Å². The number of ether oxygens (including phenoxy) is 2. The molecule has 0 aromatic heterocycles. The Morgan fingerprint density at radius 2 is 2.05 bits per heavy atom. The summed E-state index contributed by atoms with van der Waals surface area (Å²) in [4.78, 5) is 28.5. The Morgan fingerprint density at radius 1 is 1.20 bits per heavy atom. The van der Waals surface area contributed by atoms with Crippen LogP contribution < -0.4 is 0 Å². The van der Waals surface area contributed by atoms with Crippen LogP contribution in [0.1, 0.15) is 26.2 Å². The van der Waals surface area contributed by atoms with Gasteiger partial charge in [0.1, 0.15) is 12.1 Å². The van der Waals surface area contributed by atoms with Gasteiger partial charge in [-0.05, 0) is 26.2 Å². The van der Waals surface area contributed by atoms with Crippen LogP contribution in [-0.4, -0.2) is 72.7 Å². The molecule has 3 fully saturated rings. The molecular weight excluding hydrogens is 260 g/mol. The van der Waals surface area contributed by atoms with Gasteiger partial charge in [0.25, 0.3) is 0 Å². The van der Waals surface area contributed by atoms with Crippen molar-refractivity contribution >= 4 is 11.8 Å². The van der Waals surface area contributed by atoms with Crippen molar-refractivity contribution in [2.75, 3.05) is 32.9 Å². The van der Waals surface area contributed by atoms with Crippen molar-refractivity contribution in [3.8, 4) is 0 Å². The molecule has 2 amide bonds. The monoisotopic (exact) mass is 282 g/mol. The molecule has 6 nitrogen and oxygen atoms in total. The topological polar surface area (TPSA) is 59.1 Å². The third-order valence-electron chi connectivity index (χ3n) is 4.46. The van der Waals surface area contributed by atoms with Crippen LogP contribution in [0.25, 0.3) is 0 Å². The van der Waals surface area contributed by atoms with E-state index in [1.165, 1.54) is 0 Å². The summed E-state index contributed by atoms with van der Waals surface area (Å²) in [7, 11) is 0. The first kappa shape index (κ1) is 13.8. The molecule has 0 spiro atoms. The van der Waals surface area contributed by atoms with Crippen molar-refractivity contribution in [1.29, 1.82) is 0 Å². The molecule has 0 radical (unpaired) electrons. The molecule has 112 valence electrons. The normalized spacial score (nSPS) is 35.1. The van der Waals surface area contributed by atoms with Crippen LogP contribution >= 0.6 is 0 Å². The molecule has 0 bridgehead atoms. The second kappa shape index (κ2) is 5.69. The Balaban J connectivity index is 1.72. The maximum Gasteiger partial charge on any atom is 0.246 e. The first-order valence-electron chi connectivity index (χ1n) is 7.49. The van der Waals surface area contributed by atoms with Gasteiger partial charge in [0.2, 0.25) is 11.8 Å². The van der Waals surface area contributed by atoms with Gasteiger partial charge in [0.15, 0.2) is 0 Å². The molecule has 0 aliphatic carbocycles. The smallest absolute Gasteiger partial charge is 0.246 e. The van der Waals surface area contributed by atoms with Gasteiger partial charge < -0.3 is 19.3 Å². The van der Waals surface area contributed by atoms with E-state index in [1.807, 2.05) is 6.92 Å². The van der Waals surface area contributed by atoms with Crippen LogP contribution in [0.15, 0.2) is 0 Å². The molecule has 3 atom stereocenters. The molecule has 0 aromatic rings. The number of carbonyl (C=O) groups is 2. The molecule has 3 unspecified atom stereocenters. The van der Waals surface area contributed by atoms with Gasteiger partial charge in [-0.2, -0.15) is 0 Å². The molecule has 6 heteroatoms. The van der Waals surface area contributed by atoms with E-state index >= 15 is 0 Å². The van der Waals surface area contributed by atoms with Crippen molar-refractivity contribution in [3.63, 3.8) is 0 Å². The number of piperazine rings is 1. The average Bonchev–Trinajstić information content (AvgIpc) is 2.50. The van der Waals surface area contributed by atoms with Gasteiger partial charge in [0.05, 0.1) is 32.5 Å². The van der Waals surface area contributed by atoms with Crippen LogP contribution in [-0.2, 0) is 19.1 Å². The van der Waals surface area contributed by atoms with Gasteiger partial charge in [-0.1, -0.05) is 0 Å². The van der Waals surface area contributed by atoms with Crippen molar-refractivity contribution in [2.24, 2.45) is 0 Å². The lowest BCUT2D eigenvalue weighted by Crippen LogP contribution is -2.66. The number of amides is 2. The standard InChI is InChI=1S/C14H22N2O4/c1-10-13(17)15-5-3-2-4-12(15)14(18)16(10)8-11-9-19-6-7-20-11/h10-12H,2-9H2,1H3. The van der Waals surface area contributed by atoms with Gasteiger partial charge in [-0.3, -0.25) is 9.59 Å². The van der Waals surface area contributed by atoms with Gasteiger partial charge in [-0.15, -0.1) is 0 Å². The Hall–Kier alpha value is -1.14. The molecule has 3 saturated heterocycles. The fourth-order valence-corrected chi connectivity index (χ4v) is 3.32. The van der Waals surface area contributed by atoms with E-state index in [0.29, 0.717) is 26.4 Å². The average molecular weight is 282 g/mol. The highest BCUT2D eigenvalue weighted by Gasteiger charge is 2.45. The number of hydrogen-bond donors (Lipinski definition) is 0. The first-order valence-corrected chi connectivity index (χ1v) is 7.49. The fraction of sp³-hybridized carbons (Fsp3) is 0.857. The van der Waals surface area contributed by atoms with E-state index in [-0.39, 0.29) is 30.0 Å². The fourth-order valence-electron chi connectivity index (χ4n) is 3.32. The number of rotatable bonds is 2. The molecule has 3 rings (SSSR count). The summed E-state index contributed by atoms with van der Waals surface area (Å²) in [6.07, 6.45) is 2.70. The molecule has 0 N–H and O–H groups in total. The summed E-state index contributed by atoms with van der Waals surface area (Å²) < 4.78 is 11.0. The van der Waals surface area contributed by atoms with Crippen LogP contribution in [0.2, 0.25) is 0 Å². The Bertz CT molecular complexity index is 395. The van der Waals surface area contributed by atoms with E-state index in [4.69, 9.17) is 9.47 Å². The van der Waals surface area contributed by atoms with Crippen LogP contribution in [0.4, 0.5) is 0 Å². The summed E-state index contributed by atoms with van der Waals surface area (Å²) in [6.45, 7) is 4.65. The summed E-state index contributed by atoms with van der Waals surface area (Å²) in [6, 6.07) is -0.640. The molecule has 0 aromatic carbocycles. The first-order chi connectivity index (χ1) is 9.68. The Morgan fingerprint density at radius 3 is 2.80 bits per heavy atom. The second-order valence-electron chi connectivity index (χ2n) is 5.78. The number of carbonyl (C=O) groups excluding carboxylic acids is 2. The molecule has 0 saturated carbocycles. The molecule has 20 heavy (non-hydrogen) atoms. The maximum atomic E-state index is 12.6. The van der Waals surface area contributed by atoms with Gasteiger partial charge in [0, 0.05) is 6.54 Å². The van der Waals surface area contributed by atoms with E-state index in [2.05, 4.69) is 0 Å². The Labute approximate surface area is 119 Å². The largest absolute Gasteiger partial charge is 0.376 e. The van der Waals surface area contributed by atoms with Crippen LogP contribution in [0.3, 0.4) is 0 Å². The minimum Gasteiger partial charge on any atom is -0.376 e. The van der Waals surface area contributed by atoms with Crippen molar-refractivity contribution in [3.05, 3.63) is 0 Å². The SMILES string of the molecule is CC1C(=O)N2CCCCC2C(=O)N1CC1COCCO1. The second-order valence-corrected chi connectivity index (χ2v) is 5.78. The predicted octanol–water partition coefficient (Wildman–Crippen LogP) is 0.0136. The lowest BCUT2D eigenvalue weighted by Gasteiger charge is -2.46. The molecule has 3 aliphatic heterocycles. The predicted molar refractivity (Wildman–Crippen MR) is 71.1 cm³/mol. The number of nitrogens with zero attached hydrogens (tertiary/aromatic N) is 2. The van der Waals surface area contributed by atoms with E-state index in [1.54, 1.807) is 9.80 Å². The Kier molecular flexibility index (Phi) is 3.94. The lowest BCUT2D eigenvalue weighted by atomic mass is 9.95. The molecular formula is C14H22N2O4. The van der Waals surface area contributed by atoms with Crippen LogP contribution in [0.5, 0.6) is 0 Å². The number of fused-ring (bicyclic) bond motifs is 1. The van der Waals surface area contributed by atoms with Crippen molar-refractivity contribution in [1.82, 2.24) is 9.80 Å². The highest BCUT2D eigenvalue weighted by atomic mass is 16.6. The zero-order valence-corrected chi connectivity index (χ0v) is 11.9. The summed E-state index contributed by atoms with van der Waals surface area (Å²) in [5.74, 6) is 0.150. The van der Waals surface area contributed by atoms with Crippen molar-refractivity contribution < 1.29 is 19.1 Å². The molecule has 3 aliphatic rings. The summed E-state index contributed by atoms with van der Waals surface area (Å²) >= 11 is 0. The highest BCUT2D eigenvalue weighted by molar-refractivity contribution is 5.96. The maximum absolute atomic E-state index is 12.6. The zero-order chi connectivity index (χ0) is 14.1. The highest BCUT2D eigenvalue weighted by Crippen LogP contribution is 2.26. The zero-order valence-electron chi connectivity index (χ0n) is 11.9. The summed E-state index contributed by atoms with van der Waals surface area (Å²) in [5.41, 5.74) is 0.